The Morgan fingerprint density at radius 2 is 2.06 bits per heavy atom. The van der Waals surface area contributed by atoms with E-state index in [1.165, 1.54) is 18.4 Å². The lowest BCUT2D eigenvalue weighted by Crippen LogP contribution is -2.32. The van der Waals surface area contributed by atoms with Crippen molar-refractivity contribution in [3.63, 3.8) is 0 Å². The van der Waals surface area contributed by atoms with Crippen LogP contribution < -0.4 is 5.73 Å². The molecule has 1 unspecified atom stereocenters. The standard InChI is InChI=1S/C13H18Br2N2/c1-17(8-9-2-3-9)13(7-16)10-4-5-11(14)12(15)6-10/h4-6,9,13H,2-3,7-8,16H2,1H3. The van der Waals surface area contributed by atoms with Gasteiger partial charge in [-0.1, -0.05) is 6.07 Å². The summed E-state index contributed by atoms with van der Waals surface area (Å²) >= 11 is 7.05. The van der Waals surface area contributed by atoms with Gasteiger partial charge in [0.05, 0.1) is 0 Å². The first-order valence-electron chi connectivity index (χ1n) is 5.97. The molecule has 1 fully saturated rings. The first-order chi connectivity index (χ1) is 8.11. The van der Waals surface area contributed by atoms with Gasteiger partial charge in [-0.05, 0) is 75.4 Å². The maximum absolute atomic E-state index is 5.92. The van der Waals surface area contributed by atoms with Gasteiger partial charge in [-0.15, -0.1) is 0 Å². The van der Waals surface area contributed by atoms with Crippen molar-refractivity contribution in [2.45, 2.75) is 18.9 Å². The molecule has 0 heterocycles. The number of rotatable bonds is 5. The van der Waals surface area contributed by atoms with Crippen molar-refractivity contribution >= 4 is 31.9 Å². The molecule has 1 saturated carbocycles. The van der Waals surface area contributed by atoms with E-state index in [9.17, 15) is 0 Å². The van der Waals surface area contributed by atoms with Crippen molar-refractivity contribution in [3.05, 3.63) is 32.7 Å². The summed E-state index contributed by atoms with van der Waals surface area (Å²) < 4.78 is 2.18. The first-order valence-corrected chi connectivity index (χ1v) is 7.55. The zero-order valence-electron chi connectivity index (χ0n) is 10.00. The summed E-state index contributed by atoms with van der Waals surface area (Å²) in [6.07, 6.45) is 2.76. The van der Waals surface area contributed by atoms with Crippen molar-refractivity contribution in [2.24, 2.45) is 11.7 Å². The number of halogens is 2. The molecule has 2 rings (SSSR count). The van der Waals surface area contributed by atoms with E-state index in [0.717, 1.165) is 21.4 Å². The molecule has 0 radical (unpaired) electrons. The third-order valence-corrected chi connectivity index (χ3v) is 5.21. The molecule has 1 aromatic rings. The van der Waals surface area contributed by atoms with E-state index in [4.69, 9.17) is 5.73 Å². The Balaban J connectivity index is 2.12. The number of nitrogens with two attached hydrogens (primary N) is 1. The summed E-state index contributed by atoms with van der Waals surface area (Å²) in [6.45, 7) is 1.83. The predicted octanol–water partition coefficient (Wildman–Crippen LogP) is 3.55. The Hall–Kier alpha value is 0.1000. The lowest BCUT2D eigenvalue weighted by molar-refractivity contribution is 0.240. The Morgan fingerprint density at radius 3 is 2.59 bits per heavy atom. The predicted molar refractivity (Wildman–Crippen MR) is 79.0 cm³/mol. The lowest BCUT2D eigenvalue weighted by atomic mass is 10.1. The summed E-state index contributed by atoms with van der Waals surface area (Å²) in [5.74, 6) is 0.896. The van der Waals surface area contributed by atoms with E-state index >= 15 is 0 Å². The highest BCUT2D eigenvalue weighted by atomic mass is 79.9. The van der Waals surface area contributed by atoms with Crippen LogP contribution >= 0.6 is 31.9 Å². The molecule has 0 spiro atoms. The fraction of sp³-hybridized carbons (Fsp3) is 0.538. The number of likely N-dealkylation sites (N-methyl/N-ethyl adjacent to an activating group) is 1. The van der Waals surface area contributed by atoms with E-state index in [-0.39, 0.29) is 0 Å². The Morgan fingerprint density at radius 1 is 1.35 bits per heavy atom. The van der Waals surface area contributed by atoms with E-state index in [2.05, 4.69) is 62.0 Å². The number of benzene rings is 1. The van der Waals surface area contributed by atoms with Gasteiger partial charge in [-0.3, -0.25) is 4.90 Å². The van der Waals surface area contributed by atoms with Crippen molar-refractivity contribution in [1.82, 2.24) is 4.90 Å². The molecule has 1 atom stereocenters. The van der Waals surface area contributed by atoms with E-state index < -0.39 is 0 Å². The van der Waals surface area contributed by atoms with Gasteiger partial charge in [0.1, 0.15) is 0 Å². The average Bonchev–Trinajstić information content (AvgIpc) is 3.08. The van der Waals surface area contributed by atoms with Crippen LogP contribution in [0.25, 0.3) is 0 Å². The molecule has 17 heavy (non-hydrogen) atoms. The normalized spacial score (nSPS) is 17.5. The number of hydrogen-bond donors (Lipinski definition) is 1. The second-order valence-corrected chi connectivity index (χ2v) is 6.52. The second kappa shape index (κ2) is 5.83. The second-order valence-electron chi connectivity index (χ2n) is 4.81. The molecule has 0 amide bonds. The van der Waals surface area contributed by atoms with Gasteiger partial charge >= 0.3 is 0 Å². The fourth-order valence-electron chi connectivity index (χ4n) is 2.13. The van der Waals surface area contributed by atoms with E-state index in [0.29, 0.717) is 12.6 Å². The minimum atomic E-state index is 0.319. The summed E-state index contributed by atoms with van der Waals surface area (Å²) in [6, 6.07) is 6.70. The highest BCUT2D eigenvalue weighted by molar-refractivity contribution is 9.13. The molecule has 1 aromatic carbocycles. The highest BCUT2D eigenvalue weighted by Crippen LogP contribution is 2.33. The van der Waals surface area contributed by atoms with Crippen molar-refractivity contribution < 1.29 is 0 Å². The van der Waals surface area contributed by atoms with Gasteiger partial charge in [0, 0.05) is 28.1 Å². The molecule has 2 nitrogen and oxygen atoms in total. The third kappa shape index (κ3) is 3.53. The molecule has 94 valence electrons. The van der Waals surface area contributed by atoms with Gasteiger partial charge in [-0.2, -0.15) is 0 Å². The quantitative estimate of drug-likeness (QED) is 0.868. The van der Waals surface area contributed by atoms with Crippen LogP contribution in [0.2, 0.25) is 0 Å². The molecule has 0 saturated heterocycles. The maximum atomic E-state index is 5.92. The Labute approximate surface area is 120 Å². The number of hydrogen-bond acceptors (Lipinski definition) is 2. The molecule has 1 aliphatic carbocycles. The summed E-state index contributed by atoms with van der Waals surface area (Å²) in [5, 5.41) is 0. The van der Waals surface area contributed by atoms with Crippen molar-refractivity contribution in [1.29, 1.82) is 0 Å². The smallest absolute Gasteiger partial charge is 0.0467 e. The first kappa shape index (κ1) is 13.5. The summed E-state index contributed by atoms with van der Waals surface area (Å²) in [4.78, 5) is 2.38. The molecule has 0 aliphatic heterocycles. The molecule has 2 N–H and O–H groups in total. The van der Waals surface area contributed by atoms with E-state index in [1.807, 2.05) is 0 Å². The van der Waals surface area contributed by atoms with Crippen LogP contribution in [-0.2, 0) is 0 Å². The molecular weight excluding hydrogens is 344 g/mol. The Kier molecular flexibility index (Phi) is 4.64. The van der Waals surface area contributed by atoms with Crippen LogP contribution in [0, 0.1) is 5.92 Å². The van der Waals surface area contributed by atoms with Gasteiger partial charge in [-0.25, -0.2) is 0 Å². The zero-order valence-corrected chi connectivity index (χ0v) is 13.2. The zero-order chi connectivity index (χ0) is 12.4. The summed E-state index contributed by atoms with van der Waals surface area (Å²) in [5.41, 5.74) is 7.20. The van der Waals surface area contributed by atoms with Crippen LogP contribution in [0.15, 0.2) is 27.1 Å². The lowest BCUT2D eigenvalue weighted by Gasteiger charge is -2.27. The minimum absolute atomic E-state index is 0.319. The van der Waals surface area contributed by atoms with Crippen LogP contribution in [-0.4, -0.2) is 25.0 Å². The number of nitrogens with zero attached hydrogens (tertiary/aromatic N) is 1. The van der Waals surface area contributed by atoms with Gasteiger partial charge in [0.15, 0.2) is 0 Å². The molecule has 0 bridgehead atoms. The van der Waals surface area contributed by atoms with Crippen LogP contribution in [0.5, 0.6) is 0 Å². The minimum Gasteiger partial charge on any atom is -0.329 e. The molecule has 0 aromatic heterocycles. The monoisotopic (exact) mass is 360 g/mol. The third-order valence-electron chi connectivity index (χ3n) is 3.33. The topological polar surface area (TPSA) is 29.3 Å². The van der Waals surface area contributed by atoms with Crippen LogP contribution in [0.4, 0.5) is 0 Å². The molecule has 1 aliphatic rings. The summed E-state index contributed by atoms with van der Waals surface area (Å²) in [7, 11) is 2.17. The molecular formula is C13H18Br2N2. The van der Waals surface area contributed by atoms with Gasteiger partial charge in [0.2, 0.25) is 0 Å². The largest absolute Gasteiger partial charge is 0.329 e. The van der Waals surface area contributed by atoms with E-state index in [1.54, 1.807) is 0 Å². The molecule has 4 heteroatoms. The van der Waals surface area contributed by atoms with Gasteiger partial charge in [0.25, 0.3) is 0 Å². The SMILES string of the molecule is CN(CC1CC1)C(CN)c1ccc(Br)c(Br)c1. The Bertz CT molecular complexity index is 391. The van der Waals surface area contributed by atoms with Crippen LogP contribution in [0.3, 0.4) is 0 Å². The maximum Gasteiger partial charge on any atom is 0.0467 e. The van der Waals surface area contributed by atoms with Crippen LogP contribution in [0.1, 0.15) is 24.4 Å². The van der Waals surface area contributed by atoms with Crippen molar-refractivity contribution in [3.8, 4) is 0 Å². The van der Waals surface area contributed by atoms with Crippen molar-refractivity contribution in [2.75, 3.05) is 20.1 Å². The fourth-order valence-corrected chi connectivity index (χ4v) is 2.77. The van der Waals surface area contributed by atoms with Gasteiger partial charge < -0.3 is 5.73 Å². The highest BCUT2D eigenvalue weighted by Gasteiger charge is 2.26. The average molecular weight is 362 g/mol.